The lowest BCUT2D eigenvalue weighted by Crippen LogP contribution is -2.47. The summed E-state index contributed by atoms with van der Waals surface area (Å²) in [5.41, 5.74) is 0.862. The van der Waals surface area contributed by atoms with Crippen molar-refractivity contribution in [1.82, 2.24) is 19.2 Å². The number of aromatic nitrogens is 2. The van der Waals surface area contributed by atoms with Crippen molar-refractivity contribution < 1.29 is 4.74 Å². The molecule has 0 aliphatic carbocycles. The molecule has 1 aromatic carbocycles. The van der Waals surface area contributed by atoms with E-state index in [-0.39, 0.29) is 5.56 Å². The molecule has 1 fully saturated rings. The fraction of sp³-hybridized carbons (Fsp3) is 0.368. The zero-order valence-electron chi connectivity index (χ0n) is 14.6. The number of thiazole rings is 1. The second-order valence-corrected chi connectivity index (χ2v) is 7.29. The van der Waals surface area contributed by atoms with Crippen molar-refractivity contribution >= 4 is 16.3 Å². The Morgan fingerprint density at radius 3 is 2.65 bits per heavy atom. The van der Waals surface area contributed by atoms with Gasteiger partial charge in [-0.2, -0.15) is 0 Å². The van der Waals surface area contributed by atoms with E-state index < -0.39 is 0 Å². The van der Waals surface area contributed by atoms with Crippen LogP contribution < -0.4 is 10.3 Å². The van der Waals surface area contributed by atoms with Crippen LogP contribution in [0, 0.1) is 0 Å². The Morgan fingerprint density at radius 1 is 1.08 bits per heavy atom. The standard InChI is InChI=1S/C19H22N4O2S/c24-18-14-16(20-19-23(18)11-13-26-19)15-22-8-6-21(7-9-22)10-12-25-17-4-2-1-3-5-17/h1-5,11,13-14H,6-10,12,15H2. The second-order valence-electron chi connectivity index (χ2n) is 6.42. The largest absolute Gasteiger partial charge is 0.492 e. The van der Waals surface area contributed by atoms with Crippen molar-refractivity contribution in [1.29, 1.82) is 0 Å². The van der Waals surface area contributed by atoms with Crippen molar-refractivity contribution in [3.8, 4) is 5.75 Å². The normalized spacial score (nSPS) is 16.2. The highest BCUT2D eigenvalue weighted by Crippen LogP contribution is 2.11. The summed E-state index contributed by atoms with van der Waals surface area (Å²) < 4.78 is 7.37. The molecule has 1 aliphatic heterocycles. The third kappa shape index (κ3) is 4.12. The Kier molecular flexibility index (Phi) is 5.29. The van der Waals surface area contributed by atoms with E-state index in [4.69, 9.17) is 4.74 Å². The molecule has 0 bridgehead atoms. The molecule has 0 spiro atoms. The van der Waals surface area contributed by atoms with Gasteiger partial charge < -0.3 is 4.74 Å². The average Bonchev–Trinajstić information content (AvgIpc) is 3.13. The first-order chi connectivity index (χ1) is 12.8. The highest BCUT2D eigenvalue weighted by atomic mass is 32.1. The third-order valence-electron chi connectivity index (χ3n) is 4.63. The van der Waals surface area contributed by atoms with Crippen LogP contribution in [-0.2, 0) is 6.54 Å². The smallest absolute Gasteiger partial charge is 0.258 e. The number of ether oxygens (including phenoxy) is 1. The van der Waals surface area contributed by atoms with Crippen molar-refractivity contribution in [2.24, 2.45) is 0 Å². The van der Waals surface area contributed by atoms with Gasteiger partial charge in [0, 0.05) is 56.9 Å². The number of fused-ring (bicyclic) bond motifs is 1. The highest BCUT2D eigenvalue weighted by molar-refractivity contribution is 7.15. The molecule has 0 radical (unpaired) electrons. The molecule has 3 heterocycles. The molecule has 1 saturated heterocycles. The first-order valence-corrected chi connectivity index (χ1v) is 9.74. The van der Waals surface area contributed by atoms with E-state index in [0.717, 1.165) is 55.7 Å². The molecule has 0 N–H and O–H groups in total. The SMILES string of the molecule is O=c1cc(CN2CCN(CCOc3ccccc3)CC2)nc2sccn12. The van der Waals surface area contributed by atoms with Crippen LogP contribution in [0.25, 0.3) is 4.96 Å². The molecule has 6 nitrogen and oxygen atoms in total. The maximum Gasteiger partial charge on any atom is 0.258 e. The first-order valence-electron chi connectivity index (χ1n) is 8.86. The van der Waals surface area contributed by atoms with Gasteiger partial charge in [0.15, 0.2) is 4.96 Å². The molecule has 4 rings (SSSR count). The third-order valence-corrected chi connectivity index (χ3v) is 5.38. The van der Waals surface area contributed by atoms with Crippen molar-refractivity contribution in [3.63, 3.8) is 0 Å². The van der Waals surface area contributed by atoms with Crippen molar-refractivity contribution in [2.75, 3.05) is 39.3 Å². The summed E-state index contributed by atoms with van der Waals surface area (Å²) in [4.78, 5) is 22.2. The zero-order valence-corrected chi connectivity index (χ0v) is 15.4. The molecule has 26 heavy (non-hydrogen) atoms. The lowest BCUT2D eigenvalue weighted by Gasteiger charge is -2.34. The number of para-hydroxylation sites is 1. The maximum atomic E-state index is 12.1. The highest BCUT2D eigenvalue weighted by Gasteiger charge is 2.17. The minimum absolute atomic E-state index is 0.00273. The monoisotopic (exact) mass is 370 g/mol. The number of hydrogen-bond donors (Lipinski definition) is 0. The van der Waals surface area contributed by atoms with Crippen LogP contribution in [-0.4, -0.2) is 58.5 Å². The number of piperazine rings is 1. The van der Waals surface area contributed by atoms with Crippen LogP contribution in [0.15, 0.2) is 52.8 Å². The van der Waals surface area contributed by atoms with Crippen molar-refractivity contribution in [3.05, 3.63) is 64.0 Å². The molecule has 2 aromatic heterocycles. The minimum atomic E-state index is 0.00273. The minimum Gasteiger partial charge on any atom is -0.492 e. The fourth-order valence-corrected chi connectivity index (χ4v) is 3.92. The van der Waals surface area contributed by atoms with Crippen LogP contribution in [0.1, 0.15) is 5.69 Å². The first kappa shape index (κ1) is 17.2. The predicted molar refractivity (Wildman–Crippen MR) is 103 cm³/mol. The van der Waals surface area contributed by atoms with Crippen LogP contribution in [0.3, 0.4) is 0 Å². The lowest BCUT2D eigenvalue weighted by atomic mass is 10.3. The molecule has 136 valence electrons. The van der Waals surface area contributed by atoms with Gasteiger partial charge >= 0.3 is 0 Å². The zero-order chi connectivity index (χ0) is 17.8. The van der Waals surface area contributed by atoms with Gasteiger partial charge in [0.25, 0.3) is 5.56 Å². The van der Waals surface area contributed by atoms with Crippen molar-refractivity contribution in [2.45, 2.75) is 6.54 Å². The molecule has 0 amide bonds. The molecular formula is C19H22N4O2S. The number of hydrogen-bond acceptors (Lipinski definition) is 6. The van der Waals surface area contributed by atoms with Gasteiger partial charge in [-0.3, -0.25) is 19.0 Å². The van der Waals surface area contributed by atoms with E-state index in [9.17, 15) is 4.79 Å². The van der Waals surface area contributed by atoms with Gasteiger partial charge in [0.2, 0.25) is 0 Å². The van der Waals surface area contributed by atoms with Gasteiger partial charge in [0.1, 0.15) is 12.4 Å². The van der Waals surface area contributed by atoms with Gasteiger partial charge in [-0.1, -0.05) is 18.2 Å². The molecule has 0 unspecified atom stereocenters. The van der Waals surface area contributed by atoms with Crippen LogP contribution in [0.5, 0.6) is 5.75 Å². The van der Waals surface area contributed by atoms with Crippen LogP contribution >= 0.6 is 11.3 Å². The molecule has 0 saturated carbocycles. The summed E-state index contributed by atoms with van der Waals surface area (Å²) in [5.74, 6) is 0.924. The topological polar surface area (TPSA) is 50.1 Å². The van der Waals surface area contributed by atoms with E-state index >= 15 is 0 Å². The molecule has 3 aromatic rings. The van der Waals surface area contributed by atoms with Gasteiger partial charge in [-0.25, -0.2) is 4.98 Å². The molecule has 0 atom stereocenters. The molecular weight excluding hydrogens is 348 g/mol. The van der Waals surface area contributed by atoms with Gasteiger partial charge in [-0.05, 0) is 12.1 Å². The Bertz CT molecular complexity index is 901. The number of nitrogens with zero attached hydrogens (tertiary/aromatic N) is 4. The number of benzene rings is 1. The van der Waals surface area contributed by atoms with E-state index in [0.29, 0.717) is 6.61 Å². The molecule has 1 aliphatic rings. The Labute approximate surface area is 156 Å². The van der Waals surface area contributed by atoms with E-state index in [2.05, 4.69) is 14.8 Å². The summed E-state index contributed by atoms with van der Waals surface area (Å²) in [6.45, 7) is 6.36. The van der Waals surface area contributed by atoms with Gasteiger partial charge in [0.05, 0.1) is 5.69 Å². The molecule has 7 heteroatoms. The van der Waals surface area contributed by atoms with E-state index in [1.54, 1.807) is 16.7 Å². The summed E-state index contributed by atoms with van der Waals surface area (Å²) in [6, 6.07) is 11.6. The number of rotatable bonds is 6. The lowest BCUT2D eigenvalue weighted by molar-refractivity contribution is 0.111. The Morgan fingerprint density at radius 2 is 1.85 bits per heavy atom. The summed E-state index contributed by atoms with van der Waals surface area (Å²) >= 11 is 1.50. The quantitative estimate of drug-likeness (QED) is 0.664. The van der Waals surface area contributed by atoms with Crippen LogP contribution in [0.4, 0.5) is 0 Å². The second kappa shape index (κ2) is 7.99. The fourth-order valence-electron chi connectivity index (χ4n) is 3.18. The van der Waals surface area contributed by atoms with E-state index in [1.165, 1.54) is 11.3 Å². The summed E-state index contributed by atoms with van der Waals surface area (Å²) in [6.07, 6.45) is 1.77. The summed E-state index contributed by atoms with van der Waals surface area (Å²) in [5, 5.41) is 1.89. The van der Waals surface area contributed by atoms with Gasteiger partial charge in [-0.15, -0.1) is 11.3 Å². The Balaban J connectivity index is 1.25. The van der Waals surface area contributed by atoms with Crippen LogP contribution in [0.2, 0.25) is 0 Å². The maximum absolute atomic E-state index is 12.1. The predicted octanol–water partition coefficient (Wildman–Crippen LogP) is 1.95. The van der Waals surface area contributed by atoms with E-state index in [1.807, 2.05) is 35.7 Å². The average molecular weight is 370 g/mol. The summed E-state index contributed by atoms with van der Waals surface area (Å²) in [7, 11) is 0. The Hall–Kier alpha value is -2.22.